The molecule has 0 saturated carbocycles. The molecular weight excluding hydrogens is 218 g/mol. The summed E-state index contributed by atoms with van der Waals surface area (Å²) >= 11 is 2.10. The number of rotatable bonds is 8. The molecule has 0 aliphatic carbocycles. The summed E-state index contributed by atoms with van der Waals surface area (Å²) in [7, 11) is 0. The minimum atomic E-state index is 0.757. The molecule has 0 atom stereocenters. The molecule has 16 heavy (non-hydrogen) atoms. The smallest absolute Gasteiger partial charge is 0.0590 e. The van der Waals surface area contributed by atoms with E-state index in [1.54, 1.807) is 0 Å². The molecule has 1 aliphatic heterocycles. The molecule has 1 N–H and O–H groups in total. The zero-order valence-corrected chi connectivity index (χ0v) is 11.7. The topological polar surface area (TPSA) is 21.3 Å². The monoisotopic (exact) mass is 245 g/mol. The van der Waals surface area contributed by atoms with Crippen molar-refractivity contribution in [1.29, 1.82) is 0 Å². The van der Waals surface area contributed by atoms with Gasteiger partial charge in [-0.3, -0.25) is 0 Å². The second-order valence-corrected chi connectivity index (χ2v) is 6.28. The predicted molar refractivity (Wildman–Crippen MR) is 73.2 cm³/mol. The average Bonchev–Trinajstić information content (AvgIpc) is 2.29. The minimum absolute atomic E-state index is 0.757. The number of nitrogens with one attached hydrogen (secondary N) is 1. The summed E-state index contributed by atoms with van der Waals surface area (Å²) in [4.78, 5) is 0. The van der Waals surface area contributed by atoms with Gasteiger partial charge in [-0.05, 0) is 49.1 Å². The van der Waals surface area contributed by atoms with Gasteiger partial charge in [0.2, 0.25) is 0 Å². The first-order valence-corrected chi connectivity index (χ1v) is 7.80. The van der Waals surface area contributed by atoms with Crippen LogP contribution in [0.15, 0.2) is 0 Å². The molecular formula is C13H27NOS. The highest BCUT2D eigenvalue weighted by Crippen LogP contribution is 2.21. The van der Waals surface area contributed by atoms with Crippen LogP contribution in [-0.2, 0) is 4.74 Å². The van der Waals surface area contributed by atoms with Crippen LogP contribution in [0.25, 0.3) is 0 Å². The van der Waals surface area contributed by atoms with Gasteiger partial charge in [-0.25, -0.2) is 0 Å². The standard InChI is InChI=1S/C13H27NOS/c1-12(2)3-7-15-8-6-14-11-13-4-9-16-10-5-13/h12-14H,3-11H2,1-2H3. The van der Waals surface area contributed by atoms with Gasteiger partial charge >= 0.3 is 0 Å². The van der Waals surface area contributed by atoms with Gasteiger partial charge in [-0.1, -0.05) is 13.8 Å². The predicted octanol–water partition coefficient (Wildman–Crippen LogP) is 2.78. The molecule has 0 aromatic rings. The Morgan fingerprint density at radius 3 is 2.69 bits per heavy atom. The summed E-state index contributed by atoms with van der Waals surface area (Å²) in [5.41, 5.74) is 0. The van der Waals surface area contributed by atoms with Crippen molar-refractivity contribution < 1.29 is 4.74 Å². The van der Waals surface area contributed by atoms with Crippen molar-refractivity contribution in [2.75, 3.05) is 37.8 Å². The lowest BCUT2D eigenvalue weighted by atomic mass is 10.0. The van der Waals surface area contributed by atoms with Crippen LogP contribution in [0.4, 0.5) is 0 Å². The van der Waals surface area contributed by atoms with E-state index in [1.165, 1.54) is 37.3 Å². The Hall–Kier alpha value is 0.270. The van der Waals surface area contributed by atoms with E-state index in [4.69, 9.17) is 4.74 Å². The molecule has 1 heterocycles. The lowest BCUT2D eigenvalue weighted by Gasteiger charge is -2.21. The Morgan fingerprint density at radius 2 is 2.00 bits per heavy atom. The van der Waals surface area contributed by atoms with Gasteiger partial charge in [0.15, 0.2) is 0 Å². The molecule has 3 heteroatoms. The largest absolute Gasteiger partial charge is 0.380 e. The Labute approximate surface area is 105 Å². The van der Waals surface area contributed by atoms with Gasteiger partial charge in [-0.15, -0.1) is 0 Å². The van der Waals surface area contributed by atoms with Crippen molar-refractivity contribution in [3.05, 3.63) is 0 Å². The Balaban J connectivity index is 1.80. The van der Waals surface area contributed by atoms with Crippen LogP contribution >= 0.6 is 11.8 Å². The summed E-state index contributed by atoms with van der Waals surface area (Å²) < 4.78 is 5.57. The van der Waals surface area contributed by atoms with E-state index in [1.807, 2.05) is 0 Å². The van der Waals surface area contributed by atoms with Gasteiger partial charge in [0.25, 0.3) is 0 Å². The van der Waals surface area contributed by atoms with E-state index in [-0.39, 0.29) is 0 Å². The van der Waals surface area contributed by atoms with Gasteiger partial charge < -0.3 is 10.1 Å². The highest BCUT2D eigenvalue weighted by molar-refractivity contribution is 7.99. The summed E-state index contributed by atoms with van der Waals surface area (Å²) in [6.07, 6.45) is 3.97. The normalized spacial score (nSPS) is 18.2. The molecule has 0 bridgehead atoms. The maximum atomic E-state index is 5.57. The molecule has 0 unspecified atom stereocenters. The summed E-state index contributed by atoms with van der Waals surface area (Å²) in [5, 5.41) is 3.51. The Bertz CT molecular complexity index is 158. The molecule has 0 amide bonds. The molecule has 0 aromatic carbocycles. The molecule has 0 spiro atoms. The first-order chi connectivity index (χ1) is 7.79. The van der Waals surface area contributed by atoms with Crippen LogP contribution in [0.3, 0.4) is 0 Å². The first kappa shape index (κ1) is 14.3. The zero-order valence-electron chi connectivity index (χ0n) is 10.8. The number of hydrogen-bond donors (Lipinski definition) is 1. The fraction of sp³-hybridized carbons (Fsp3) is 1.00. The van der Waals surface area contributed by atoms with E-state index in [0.29, 0.717) is 0 Å². The van der Waals surface area contributed by atoms with E-state index in [9.17, 15) is 0 Å². The quantitative estimate of drug-likeness (QED) is 0.664. The molecule has 1 saturated heterocycles. The summed E-state index contributed by atoms with van der Waals surface area (Å²) in [5.74, 6) is 4.39. The highest BCUT2D eigenvalue weighted by Gasteiger charge is 2.12. The molecule has 1 rings (SSSR count). The minimum Gasteiger partial charge on any atom is -0.380 e. The maximum absolute atomic E-state index is 5.57. The summed E-state index contributed by atoms with van der Waals surface area (Å²) in [6, 6.07) is 0. The number of ether oxygens (including phenoxy) is 1. The van der Waals surface area contributed by atoms with Crippen molar-refractivity contribution in [1.82, 2.24) is 5.32 Å². The lowest BCUT2D eigenvalue weighted by molar-refractivity contribution is 0.124. The van der Waals surface area contributed by atoms with Crippen LogP contribution < -0.4 is 5.32 Å². The molecule has 96 valence electrons. The molecule has 2 nitrogen and oxygen atoms in total. The number of hydrogen-bond acceptors (Lipinski definition) is 3. The fourth-order valence-corrected chi connectivity index (χ4v) is 3.03. The second kappa shape index (κ2) is 9.32. The average molecular weight is 245 g/mol. The van der Waals surface area contributed by atoms with Crippen LogP contribution in [0, 0.1) is 11.8 Å². The Morgan fingerprint density at radius 1 is 1.25 bits per heavy atom. The lowest BCUT2D eigenvalue weighted by Crippen LogP contribution is -2.28. The fourth-order valence-electron chi connectivity index (χ4n) is 1.82. The van der Waals surface area contributed by atoms with Crippen molar-refractivity contribution in [2.24, 2.45) is 11.8 Å². The van der Waals surface area contributed by atoms with Crippen LogP contribution in [0.2, 0.25) is 0 Å². The Kier molecular flexibility index (Phi) is 8.34. The maximum Gasteiger partial charge on any atom is 0.0590 e. The van der Waals surface area contributed by atoms with Crippen LogP contribution in [0.5, 0.6) is 0 Å². The third-order valence-corrected chi connectivity index (χ3v) is 4.09. The van der Waals surface area contributed by atoms with Crippen LogP contribution in [-0.4, -0.2) is 37.8 Å². The molecule has 1 fully saturated rings. The number of thioether (sulfide) groups is 1. The van der Waals surface area contributed by atoms with Crippen molar-refractivity contribution in [3.63, 3.8) is 0 Å². The molecule has 1 aliphatic rings. The van der Waals surface area contributed by atoms with E-state index in [2.05, 4.69) is 30.9 Å². The molecule has 0 aromatic heterocycles. The third-order valence-electron chi connectivity index (χ3n) is 3.04. The zero-order chi connectivity index (χ0) is 11.6. The van der Waals surface area contributed by atoms with Crippen LogP contribution in [0.1, 0.15) is 33.1 Å². The van der Waals surface area contributed by atoms with Crippen molar-refractivity contribution in [3.8, 4) is 0 Å². The third kappa shape index (κ3) is 7.53. The summed E-state index contributed by atoms with van der Waals surface area (Å²) in [6.45, 7) is 8.47. The van der Waals surface area contributed by atoms with Crippen molar-refractivity contribution >= 4 is 11.8 Å². The first-order valence-electron chi connectivity index (χ1n) is 6.65. The van der Waals surface area contributed by atoms with Gasteiger partial charge in [0.1, 0.15) is 0 Å². The second-order valence-electron chi connectivity index (χ2n) is 5.05. The molecule has 0 radical (unpaired) electrons. The SMILES string of the molecule is CC(C)CCOCCNCC1CCSCC1. The van der Waals surface area contributed by atoms with E-state index < -0.39 is 0 Å². The van der Waals surface area contributed by atoms with Gasteiger partial charge in [-0.2, -0.15) is 11.8 Å². The van der Waals surface area contributed by atoms with Gasteiger partial charge in [0, 0.05) is 13.2 Å². The van der Waals surface area contributed by atoms with E-state index >= 15 is 0 Å². The van der Waals surface area contributed by atoms with Crippen molar-refractivity contribution in [2.45, 2.75) is 33.1 Å². The highest BCUT2D eigenvalue weighted by atomic mass is 32.2. The van der Waals surface area contributed by atoms with E-state index in [0.717, 1.165) is 31.6 Å². The van der Waals surface area contributed by atoms with Gasteiger partial charge in [0.05, 0.1) is 6.61 Å².